The summed E-state index contributed by atoms with van der Waals surface area (Å²) in [6.07, 6.45) is 3.11. The van der Waals surface area contributed by atoms with Gasteiger partial charge < -0.3 is 15.2 Å². The predicted octanol–water partition coefficient (Wildman–Crippen LogP) is 2.63. The van der Waals surface area contributed by atoms with Gasteiger partial charge in [0.15, 0.2) is 0 Å². The molecule has 0 saturated carbocycles. The van der Waals surface area contributed by atoms with E-state index in [9.17, 15) is 23.1 Å². The third-order valence-electron chi connectivity index (χ3n) is 4.32. The van der Waals surface area contributed by atoms with Gasteiger partial charge in [-0.25, -0.2) is 8.42 Å². The zero-order chi connectivity index (χ0) is 23.3. The molecule has 1 aromatic carbocycles. The number of amides is 1. The average molecular weight is 496 g/mol. The number of benzene rings is 1. The van der Waals surface area contributed by atoms with Crippen molar-refractivity contribution in [3.05, 3.63) is 64.1 Å². The first-order chi connectivity index (χ1) is 15.2. The van der Waals surface area contributed by atoms with E-state index >= 15 is 0 Å². The van der Waals surface area contributed by atoms with Crippen LogP contribution in [0, 0.1) is 0 Å². The molecular formula is C20H18ClN3O6S2. The third-order valence-corrected chi connectivity index (χ3v) is 7.05. The Labute approximate surface area is 193 Å². The molecule has 0 saturated heterocycles. The highest BCUT2D eigenvalue weighted by atomic mass is 35.5. The molecule has 3 rings (SSSR count). The third kappa shape index (κ3) is 5.43. The Morgan fingerprint density at radius 1 is 1.19 bits per heavy atom. The number of para-hydroxylation sites is 1. The molecule has 0 aliphatic heterocycles. The van der Waals surface area contributed by atoms with Gasteiger partial charge in [-0.15, -0.1) is 11.3 Å². The van der Waals surface area contributed by atoms with E-state index in [-0.39, 0.29) is 15.5 Å². The van der Waals surface area contributed by atoms with Crippen molar-refractivity contribution >= 4 is 44.8 Å². The van der Waals surface area contributed by atoms with Crippen LogP contribution in [0.2, 0.25) is 4.34 Å². The van der Waals surface area contributed by atoms with E-state index < -0.39 is 34.5 Å². The second-order valence-corrected chi connectivity index (χ2v) is 9.80. The van der Waals surface area contributed by atoms with Gasteiger partial charge in [0.2, 0.25) is 10.0 Å². The topological polar surface area (TPSA) is 135 Å². The second kappa shape index (κ2) is 10.1. The number of carbonyl (C=O) groups excluding carboxylic acids is 1. The SMILES string of the molecule is COc1c(-c2ccncc2)cccc1S(=O)(=O)N[C@@H](CNC(=O)c1ccc(Cl)s1)C(=O)O. The molecular weight excluding hydrogens is 478 g/mol. The van der Waals surface area contributed by atoms with Gasteiger partial charge in [-0.1, -0.05) is 23.7 Å². The molecule has 0 unspecified atom stereocenters. The Morgan fingerprint density at radius 2 is 1.91 bits per heavy atom. The van der Waals surface area contributed by atoms with Gasteiger partial charge >= 0.3 is 5.97 Å². The molecule has 2 aromatic heterocycles. The van der Waals surface area contributed by atoms with Crippen LogP contribution in [0.4, 0.5) is 0 Å². The first kappa shape index (κ1) is 23.7. The number of carboxylic acid groups (broad SMARTS) is 1. The van der Waals surface area contributed by atoms with Gasteiger partial charge in [-0.05, 0) is 35.9 Å². The van der Waals surface area contributed by atoms with Crippen molar-refractivity contribution in [3.8, 4) is 16.9 Å². The van der Waals surface area contributed by atoms with Crippen molar-refractivity contribution in [1.29, 1.82) is 0 Å². The molecule has 0 bridgehead atoms. The van der Waals surface area contributed by atoms with Crippen LogP contribution in [0.3, 0.4) is 0 Å². The Balaban J connectivity index is 1.84. The van der Waals surface area contributed by atoms with E-state index in [2.05, 4.69) is 15.0 Å². The van der Waals surface area contributed by atoms with Gasteiger partial charge in [-0.2, -0.15) is 4.72 Å². The lowest BCUT2D eigenvalue weighted by molar-refractivity contribution is -0.138. The van der Waals surface area contributed by atoms with Crippen LogP contribution in [-0.4, -0.2) is 50.1 Å². The van der Waals surface area contributed by atoms with Crippen LogP contribution in [0.1, 0.15) is 9.67 Å². The van der Waals surface area contributed by atoms with E-state index in [0.29, 0.717) is 15.5 Å². The van der Waals surface area contributed by atoms with E-state index in [0.717, 1.165) is 11.3 Å². The lowest BCUT2D eigenvalue weighted by Crippen LogP contribution is -2.48. The summed E-state index contributed by atoms with van der Waals surface area (Å²) in [5.74, 6) is -1.97. The lowest BCUT2D eigenvalue weighted by atomic mass is 10.1. The zero-order valence-corrected chi connectivity index (χ0v) is 19.0. The molecule has 3 aromatic rings. The molecule has 0 aliphatic carbocycles. The number of sulfonamides is 1. The van der Waals surface area contributed by atoms with Crippen LogP contribution in [0.25, 0.3) is 11.1 Å². The van der Waals surface area contributed by atoms with Gasteiger partial charge in [0, 0.05) is 24.5 Å². The number of pyridine rings is 1. The van der Waals surface area contributed by atoms with Crippen LogP contribution >= 0.6 is 22.9 Å². The van der Waals surface area contributed by atoms with Gasteiger partial charge in [0.05, 0.1) is 16.3 Å². The minimum absolute atomic E-state index is 0.0487. The number of rotatable bonds is 9. The van der Waals surface area contributed by atoms with Gasteiger partial charge in [-0.3, -0.25) is 14.6 Å². The summed E-state index contributed by atoms with van der Waals surface area (Å²) >= 11 is 6.81. The fourth-order valence-electron chi connectivity index (χ4n) is 2.85. The molecule has 0 aliphatic rings. The highest BCUT2D eigenvalue weighted by Gasteiger charge is 2.29. The zero-order valence-electron chi connectivity index (χ0n) is 16.6. The number of thiophene rings is 1. The predicted molar refractivity (Wildman–Crippen MR) is 120 cm³/mol. The van der Waals surface area contributed by atoms with Gasteiger partial charge in [0.25, 0.3) is 5.91 Å². The van der Waals surface area contributed by atoms with Crippen LogP contribution in [-0.2, 0) is 14.8 Å². The molecule has 3 N–H and O–H groups in total. The Kier molecular flexibility index (Phi) is 7.46. The number of aliphatic carboxylic acids is 1. The molecule has 168 valence electrons. The summed E-state index contributed by atoms with van der Waals surface area (Å²) in [6, 6.07) is 9.27. The summed E-state index contributed by atoms with van der Waals surface area (Å²) in [5, 5.41) is 11.9. The van der Waals surface area contributed by atoms with E-state index in [4.69, 9.17) is 16.3 Å². The van der Waals surface area contributed by atoms with Crippen LogP contribution in [0.5, 0.6) is 5.75 Å². The van der Waals surface area contributed by atoms with Crippen molar-refractivity contribution in [3.63, 3.8) is 0 Å². The number of aromatic nitrogens is 1. The summed E-state index contributed by atoms with van der Waals surface area (Å²) in [7, 11) is -3.01. The van der Waals surface area contributed by atoms with Gasteiger partial charge in [0.1, 0.15) is 16.7 Å². The minimum Gasteiger partial charge on any atom is -0.495 e. The number of nitrogens with one attached hydrogen (secondary N) is 2. The van der Waals surface area contributed by atoms with Crippen LogP contribution in [0.15, 0.2) is 59.8 Å². The van der Waals surface area contributed by atoms with Crippen molar-refractivity contribution in [2.45, 2.75) is 10.9 Å². The van der Waals surface area contributed by atoms with E-state index in [1.807, 2.05) is 0 Å². The van der Waals surface area contributed by atoms with Crippen molar-refractivity contribution in [2.24, 2.45) is 0 Å². The first-order valence-electron chi connectivity index (χ1n) is 9.09. The largest absolute Gasteiger partial charge is 0.495 e. The summed E-state index contributed by atoms with van der Waals surface area (Å²) in [6.45, 7) is -0.477. The van der Waals surface area contributed by atoms with E-state index in [1.165, 1.54) is 31.4 Å². The second-order valence-electron chi connectivity index (χ2n) is 6.40. The number of nitrogens with zero attached hydrogens (tertiary/aromatic N) is 1. The molecule has 1 amide bonds. The first-order valence-corrected chi connectivity index (χ1v) is 11.8. The number of hydrogen-bond acceptors (Lipinski definition) is 7. The Morgan fingerprint density at radius 3 is 2.50 bits per heavy atom. The maximum atomic E-state index is 13.0. The highest BCUT2D eigenvalue weighted by Crippen LogP contribution is 2.35. The number of hydrogen-bond donors (Lipinski definition) is 3. The summed E-state index contributed by atoms with van der Waals surface area (Å²) in [5.41, 5.74) is 1.16. The number of methoxy groups -OCH3 is 1. The molecule has 12 heteroatoms. The molecule has 1 atom stereocenters. The fourth-order valence-corrected chi connectivity index (χ4v) is 5.19. The average Bonchev–Trinajstić information content (AvgIpc) is 3.22. The molecule has 9 nitrogen and oxygen atoms in total. The number of ether oxygens (including phenoxy) is 1. The monoisotopic (exact) mass is 495 g/mol. The molecule has 0 radical (unpaired) electrons. The molecule has 0 fully saturated rings. The number of carboxylic acids is 1. The normalized spacial score (nSPS) is 12.2. The number of halogens is 1. The quantitative estimate of drug-likeness (QED) is 0.415. The van der Waals surface area contributed by atoms with Crippen molar-refractivity contribution in [2.75, 3.05) is 13.7 Å². The van der Waals surface area contributed by atoms with Crippen molar-refractivity contribution < 1.29 is 27.9 Å². The standard InChI is InChI=1S/C20H18ClN3O6S2/c1-30-18-13(12-7-9-22-10-8-12)3-2-4-16(18)32(28,29)24-14(20(26)27)11-23-19(25)15-5-6-17(21)31-15/h2-10,14,24H,11H2,1H3,(H,23,25)(H,26,27)/t14-/m0/s1. The summed E-state index contributed by atoms with van der Waals surface area (Å²) < 4.78 is 33.9. The molecule has 2 heterocycles. The maximum absolute atomic E-state index is 13.0. The number of carbonyl (C=O) groups is 2. The smallest absolute Gasteiger partial charge is 0.323 e. The van der Waals surface area contributed by atoms with E-state index in [1.54, 1.807) is 30.6 Å². The Bertz CT molecular complexity index is 1230. The minimum atomic E-state index is -4.33. The Hall–Kier alpha value is -2.99. The van der Waals surface area contributed by atoms with Crippen LogP contribution < -0.4 is 14.8 Å². The maximum Gasteiger partial charge on any atom is 0.323 e. The molecule has 32 heavy (non-hydrogen) atoms. The molecule has 0 spiro atoms. The lowest BCUT2D eigenvalue weighted by Gasteiger charge is -2.18. The summed E-state index contributed by atoms with van der Waals surface area (Å²) in [4.78, 5) is 27.8. The fraction of sp³-hybridized carbons (Fsp3) is 0.150. The highest BCUT2D eigenvalue weighted by molar-refractivity contribution is 7.89. The van der Waals surface area contributed by atoms with Crippen molar-refractivity contribution in [1.82, 2.24) is 15.0 Å².